The summed E-state index contributed by atoms with van der Waals surface area (Å²) in [6, 6.07) is 7.70. The third kappa shape index (κ3) is 5.26. The number of nitrogens with one attached hydrogen (secondary N) is 1. The Kier molecular flexibility index (Phi) is 7.98. The summed E-state index contributed by atoms with van der Waals surface area (Å²) in [6.07, 6.45) is 3.15. The van der Waals surface area contributed by atoms with Crippen LogP contribution in [-0.2, 0) is 4.79 Å². The second-order valence-electron chi connectivity index (χ2n) is 9.17. The van der Waals surface area contributed by atoms with E-state index < -0.39 is 5.82 Å². The lowest BCUT2D eigenvalue weighted by molar-refractivity contribution is -0.124. The van der Waals surface area contributed by atoms with Crippen LogP contribution < -0.4 is 20.5 Å². The summed E-state index contributed by atoms with van der Waals surface area (Å²) in [5, 5.41) is 3.71. The second-order valence-corrected chi connectivity index (χ2v) is 9.17. The highest BCUT2D eigenvalue weighted by atomic mass is 19.1. The molecule has 1 aliphatic carbocycles. The number of ether oxygens (including phenoxy) is 2. The first kappa shape index (κ1) is 25.8. The molecule has 1 atom stereocenters. The van der Waals surface area contributed by atoms with E-state index in [1.807, 2.05) is 6.92 Å². The van der Waals surface area contributed by atoms with E-state index in [9.17, 15) is 9.18 Å². The number of hydrogen-bond donors (Lipinski definition) is 2. The first-order chi connectivity index (χ1) is 17.4. The zero-order valence-corrected chi connectivity index (χ0v) is 20.8. The SMILES string of the molecule is CCN[C@H](CC(=O)C1CCC(c2nc(N)c3cc(OC)c(OC)c(F)c3n2)CC1)c1ccc(F)cc1. The fourth-order valence-electron chi connectivity index (χ4n) is 5.04. The first-order valence-electron chi connectivity index (χ1n) is 12.2. The standard InChI is InChI=1S/C27H32F2N4O3/c1-4-31-20(15-9-11-18(28)12-10-15)14-21(34)16-5-7-17(8-6-16)27-32-24-19(26(30)33-27)13-22(35-2)25(36-3)23(24)29/h9-13,16-17,20,31H,4-8,14H2,1-3H3,(H2,30,32,33)/t16?,17?,20-/m1/s1. The summed E-state index contributed by atoms with van der Waals surface area (Å²) in [7, 11) is 2.79. The minimum atomic E-state index is -0.638. The van der Waals surface area contributed by atoms with E-state index in [4.69, 9.17) is 15.2 Å². The number of nitrogen functional groups attached to an aromatic ring is 1. The number of hydrogen-bond acceptors (Lipinski definition) is 7. The Labute approximate surface area is 209 Å². The van der Waals surface area contributed by atoms with Gasteiger partial charge in [0.2, 0.25) is 0 Å². The molecule has 192 valence electrons. The molecule has 36 heavy (non-hydrogen) atoms. The average molecular weight is 499 g/mol. The Morgan fingerprint density at radius 3 is 2.42 bits per heavy atom. The molecule has 1 aliphatic rings. The van der Waals surface area contributed by atoms with Crippen LogP contribution in [0.4, 0.5) is 14.6 Å². The molecule has 0 radical (unpaired) electrons. The van der Waals surface area contributed by atoms with Crippen LogP contribution in [0.1, 0.15) is 62.4 Å². The summed E-state index contributed by atoms with van der Waals surface area (Å²) < 4.78 is 38.8. The minimum absolute atomic E-state index is 0.0186. The smallest absolute Gasteiger partial charge is 0.199 e. The van der Waals surface area contributed by atoms with Gasteiger partial charge in [0.25, 0.3) is 0 Å². The largest absolute Gasteiger partial charge is 0.493 e. The van der Waals surface area contributed by atoms with Crippen molar-refractivity contribution in [3.63, 3.8) is 0 Å². The number of carbonyl (C=O) groups is 1. The van der Waals surface area contributed by atoms with Gasteiger partial charge in [0.05, 0.1) is 14.2 Å². The Hall–Kier alpha value is -3.33. The maximum atomic E-state index is 15.1. The molecular weight excluding hydrogens is 466 g/mol. The number of methoxy groups -OCH3 is 2. The Morgan fingerprint density at radius 2 is 1.81 bits per heavy atom. The van der Waals surface area contributed by atoms with Crippen molar-refractivity contribution in [2.75, 3.05) is 26.5 Å². The molecule has 0 spiro atoms. The van der Waals surface area contributed by atoms with Crippen molar-refractivity contribution in [1.82, 2.24) is 15.3 Å². The van der Waals surface area contributed by atoms with E-state index in [1.165, 1.54) is 26.4 Å². The van der Waals surface area contributed by atoms with Crippen molar-refractivity contribution >= 4 is 22.5 Å². The number of aromatic nitrogens is 2. The monoisotopic (exact) mass is 498 g/mol. The van der Waals surface area contributed by atoms with Gasteiger partial charge >= 0.3 is 0 Å². The first-order valence-corrected chi connectivity index (χ1v) is 12.2. The number of rotatable bonds is 9. The number of fused-ring (bicyclic) bond motifs is 1. The van der Waals surface area contributed by atoms with Crippen molar-refractivity contribution in [3.05, 3.63) is 53.4 Å². The van der Waals surface area contributed by atoms with Crippen molar-refractivity contribution in [1.29, 1.82) is 0 Å². The molecule has 0 unspecified atom stereocenters. The van der Waals surface area contributed by atoms with Gasteiger partial charge in [-0.3, -0.25) is 4.79 Å². The number of Topliss-reactive ketones (excluding diaryl/α,β-unsaturated/α-hetero) is 1. The van der Waals surface area contributed by atoms with E-state index in [-0.39, 0.29) is 52.3 Å². The van der Waals surface area contributed by atoms with E-state index in [0.29, 0.717) is 49.9 Å². The van der Waals surface area contributed by atoms with Gasteiger partial charge in [0, 0.05) is 29.7 Å². The number of nitrogens with two attached hydrogens (primary N) is 1. The van der Waals surface area contributed by atoms with Crippen molar-refractivity contribution in [2.24, 2.45) is 5.92 Å². The van der Waals surface area contributed by atoms with E-state index >= 15 is 4.39 Å². The highest BCUT2D eigenvalue weighted by Crippen LogP contribution is 2.40. The quantitative estimate of drug-likeness (QED) is 0.424. The van der Waals surface area contributed by atoms with Gasteiger partial charge in [-0.15, -0.1) is 0 Å². The molecule has 0 amide bonds. The van der Waals surface area contributed by atoms with Crippen molar-refractivity contribution in [3.8, 4) is 11.5 Å². The lowest BCUT2D eigenvalue weighted by Gasteiger charge is -2.28. The third-order valence-corrected chi connectivity index (χ3v) is 7.00. The Morgan fingerprint density at radius 1 is 1.11 bits per heavy atom. The van der Waals surface area contributed by atoms with Gasteiger partial charge in [0.15, 0.2) is 17.3 Å². The van der Waals surface area contributed by atoms with E-state index in [1.54, 1.807) is 18.2 Å². The molecule has 1 fully saturated rings. The van der Waals surface area contributed by atoms with Gasteiger partial charge in [-0.25, -0.2) is 18.7 Å². The molecule has 0 saturated heterocycles. The second kappa shape index (κ2) is 11.2. The van der Waals surface area contributed by atoms with Gasteiger partial charge in [-0.2, -0.15) is 0 Å². The van der Waals surface area contributed by atoms with Crippen LogP contribution in [0.2, 0.25) is 0 Å². The van der Waals surface area contributed by atoms with Gasteiger partial charge in [0.1, 0.15) is 28.8 Å². The van der Waals surface area contributed by atoms with Gasteiger partial charge in [-0.05, 0) is 56.0 Å². The van der Waals surface area contributed by atoms with Crippen LogP contribution in [-0.4, -0.2) is 36.5 Å². The predicted molar refractivity (Wildman–Crippen MR) is 134 cm³/mol. The van der Waals surface area contributed by atoms with Crippen LogP contribution in [0.5, 0.6) is 11.5 Å². The highest BCUT2D eigenvalue weighted by molar-refractivity contribution is 5.91. The molecule has 3 N–H and O–H groups in total. The molecule has 0 aliphatic heterocycles. The minimum Gasteiger partial charge on any atom is -0.493 e. The van der Waals surface area contributed by atoms with Crippen LogP contribution in [0.3, 0.4) is 0 Å². The number of anilines is 1. The third-order valence-electron chi connectivity index (χ3n) is 7.00. The maximum Gasteiger partial charge on any atom is 0.199 e. The molecule has 7 nitrogen and oxygen atoms in total. The molecule has 0 bridgehead atoms. The van der Waals surface area contributed by atoms with Crippen LogP contribution in [0.15, 0.2) is 30.3 Å². The number of carbonyl (C=O) groups excluding carboxylic acids is 1. The lowest BCUT2D eigenvalue weighted by Crippen LogP contribution is -2.28. The molecule has 9 heteroatoms. The van der Waals surface area contributed by atoms with Crippen molar-refractivity contribution in [2.45, 2.75) is 51.0 Å². The van der Waals surface area contributed by atoms with E-state index in [2.05, 4.69) is 15.3 Å². The normalized spacial score (nSPS) is 18.7. The molecule has 4 rings (SSSR count). The zero-order chi connectivity index (χ0) is 25.8. The maximum absolute atomic E-state index is 15.1. The molecule has 1 saturated carbocycles. The number of nitrogens with zero attached hydrogens (tertiary/aromatic N) is 2. The highest BCUT2D eigenvalue weighted by Gasteiger charge is 2.31. The summed E-state index contributed by atoms with van der Waals surface area (Å²) >= 11 is 0. The molecule has 1 heterocycles. The summed E-state index contributed by atoms with van der Waals surface area (Å²) in [4.78, 5) is 22.1. The number of halogens is 2. The number of benzene rings is 2. The van der Waals surface area contributed by atoms with Crippen LogP contribution >= 0.6 is 0 Å². The van der Waals surface area contributed by atoms with E-state index in [0.717, 1.165) is 5.56 Å². The van der Waals surface area contributed by atoms with Crippen LogP contribution in [0, 0.1) is 17.6 Å². The molecule has 2 aromatic carbocycles. The van der Waals surface area contributed by atoms with Gasteiger partial charge in [-0.1, -0.05) is 19.1 Å². The predicted octanol–water partition coefficient (Wildman–Crippen LogP) is 5.09. The topological polar surface area (TPSA) is 99.4 Å². The van der Waals surface area contributed by atoms with Crippen LogP contribution in [0.25, 0.3) is 10.9 Å². The summed E-state index contributed by atoms with van der Waals surface area (Å²) in [6.45, 7) is 2.69. The number of ketones is 1. The molecule has 1 aromatic heterocycles. The fourth-order valence-corrected chi connectivity index (χ4v) is 5.04. The fraction of sp³-hybridized carbons (Fsp3) is 0.444. The summed E-state index contributed by atoms with van der Waals surface area (Å²) in [5.74, 6) is 0.0201. The Balaban J connectivity index is 1.47. The lowest BCUT2D eigenvalue weighted by atomic mass is 9.78. The molecule has 3 aromatic rings. The molecular formula is C27H32F2N4O3. The van der Waals surface area contributed by atoms with Gasteiger partial charge < -0.3 is 20.5 Å². The Bertz CT molecular complexity index is 1230. The van der Waals surface area contributed by atoms with Crippen molar-refractivity contribution < 1.29 is 23.0 Å². The zero-order valence-electron chi connectivity index (χ0n) is 20.8. The average Bonchev–Trinajstić information content (AvgIpc) is 2.89. The summed E-state index contributed by atoms with van der Waals surface area (Å²) in [5.41, 5.74) is 7.17.